The summed E-state index contributed by atoms with van der Waals surface area (Å²) >= 11 is 0. The summed E-state index contributed by atoms with van der Waals surface area (Å²) in [5.41, 5.74) is 8.81. The molecule has 1 nitrogen and oxygen atoms in total. The third kappa shape index (κ3) is 4.08. The summed E-state index contributed by atoms with van der Waals surface area (Å²) in [4.78, 5) is 2.29. The lowest BCUT2D eigenvalue weighted by atomic mass is 9.95. The maximum atomic E-state index is 5.99. The zero-order valence-corrected chi connectivity index (χ0v) is 17.7. The Morgan fingerprint density at radius 2 is 0.875 bits per heavy atom. The number of hydrogen-bond donors (Lipinski definition) is 0. The molecule has 0 aliphatic carbocycles. The van der Waals surface area contributed by atoms with Crippen molar-refractivity contribution >= 4 is 30.4 Å². The minimum absolute atomic E-state index is 0.754. The monoisotopic (exact) mass is 407 g/mol. The summed E-state index contributed by atoms with van der Waals surface area (Å²) in [7, 11) is 5.99. The largest absolute Gasteiger partial charge is 0.310 e. The van der Waals surface area contributed by atoms with Crippen LogP contribution < -0.4 is 10.4 Å². The van der Waals surface area contributed by atoms with Crippen molar-refractivity contribution in [2.24, 2.45) is 0 Å². The van der Waals surface area contributed by atoms with Crippen molar-refractivity contribution in [3.8, 4) is 22.3 Å². The van der Waals surface area contributed by atoms with E-state index in [0.717, 1.165) is 22.5 Å². The predicted molar refractivity (Wildman–Crippen MR) is 137 cm³/mol. The molecule has 0 aromatic heterocycles. The van der Waals surface area contributed by atoms with Gasteiger partial charge in [-0.15, -0.1) is 0 Å². The third-order valence-electron chi connectivity index (χ3n) is 5.61. The van der Waals surface area contributed by atoms with E-state index in [9.17, 15) is 0 Å². The Bertz CT molecular complexity index is 1290. The van der Waals surface area contributed by atoms with E-state index in [-0.39, 0.29) is 0 Å². The van der Waals surface area contributed by atoms with Crippen molar-refractivity contribution in [1.29, 1.82) is 0 Å². The molecule has 0 aliphatic heterocycles. The Morgan fingerprint density at radius 3 is 1.50 bits per heavy atom. The summed E-state index contributed by atoms with van der Waals surface area (Å²) in [6.45, 7) is 0. The number of rotatable bonds is 5. The van der Waals surface area contributed by atoms with Gasteiger partial charge in [-0.1, -0.05) is 109 Å². The van der Waals surface area contributed by atoms with Crippen LogP contribution in [0.25, 0.3) is 22.3 Å². The first-order valence-corrected chi connectivity index (χ1v) is 10.8. The Labute approximate surface area is 191 Å². The number of nitrogens with zero attached hydrogens (tertiary/aromatic N) is 1. The van der Waals surface area contributed by atoms with Gasteiger partial charge in [-0.25, -0.2) is 0 Å². The average molecular weight is 407 g/mol. The second kappa shape index (κ2) is 8.99. The molecule has 0 atom stereocenters. The minimum Gasteiger partial charge on any atom is -0.310 e. The van der Waals surface area contributed by atoms with E-state index in [1.807, 2.05) is 24.3 Å². The van der Waals surface area contributed by atoms with Gasteiger partial charge in [0.05, 0.1) is 5.69 Å². The fourth-order valence-corrected chi connectivity index (χ4v) is 4.01. The normalized spacial score (nSPS) is 10.6. The molecule has 0 bridgehead atoms. The molecule has 0 saturated carbocycles. The predicted octanol–water partition coefficient (Wildman–Crippen LogP) is 7.28. The Hall–Kier alpha value is -4.04. The van der Waals surface area contributed by atoms with E-state index >= 15 is 0 Å². The van der Waals surface area contributed by atoms with Gasteiger partial charge in [-0.3, -0.25) is 0 Å². The van der Waals surface area contributed by atoms with Gasteiger partial charge in [-0.05, 0) is 47.0 Å². The fraction of sp³-hybridized carbons (Fsp3) is 0. The van der Waals surface area contributed by atoms with Crippen molar-refractivity contribution in [2.45, 2.75) is 0 Å². The van der Waals surface area contributed by atoms with Crippen molar-refractivity contribution in [2.75, 3.05) is 4.90 Å². The molecule has 0 fully saturated rings. The van der Waals surface area contributed by atoms with Gasteiger partial charge in [-0.2, -0.15) is 0 Å². The number of benzene rings is 5. The topological polar surface area (TPSA) is 3.24 Å². The van der Waals surface area contributed by atoms with Gasteiger partial charge >= 0.3 is 0 Å². The van der Waals surface area contributed by atoms with Crippen molar-refractivity contribution in [3.05, 3.63) is 133 Å². The number of hydrogen-bond acceptors (Lipinski definition) is 1. The van der Waals surface area contributed by atoms with Crippen LogP contribution in [0.1, 0.15) is 0 Å². The lowest BCUT2D eigenvalue weighted by Gasteiger charge is -2.28. The molecule has 0 amide bonds. The first-order valence-electron chi connectivity index (χ1n) is 10.8. The summed E-state index contributed by atoms with van der Waals surface area (Å²) < 4.78 is 0. The first kappa shape index (κ1) is 19.9. The standard InChI is InChI=1S/C30H22BN/c31-26-17-21-28(22-18-26)32(27-19-15-24(16-20-27)23-9-3-1-4-10-23)30-14-8-7-13-29(30)25-11-5-2-6-12-25/h1-22H. The van der Waals surface area contributed by atoms with Crippen molar-refractivity contribution < 1.29 is 0 Å². The zero-order chi connectivity index (χ0) is 21.8. The second-order valence-electron chi connectivity index (χ2n) is 7.72. The van der Waals surface area contributed by atoms with Gasteiger partial charge in [0.2, 0.25) is 0 Å². The Morgan fingerprint density at radius 1 is 0.406 bits per heavy atom. The number of para-hydroxylation sites is 1. The van der Waals surface area contributed by atoms with E-state index in [2.05, 4.69) is 114 Å². The molecule has 0 N–H and O–H groups in total. The quantitative estimate of drug-likeness (QED) is 0.277. The van der Waals surface area contributed by atoms with Gasteiger partial charge < -0.3 is 4.90 Å². The van der Waals surface area contributed by atoms with Crippen LogP contribution in [0.4, 0.5) is 17.1 Å². The van der Waals surface area contributed by atoms with Gasteiger partial charge in [0.25, 0.3) is 0 Å². The molecular weight excluding hydrogens is 385 g/mol. The van der Waals surface area contributed by atoms with Crippen LogP contribution in [-0.2, 0) is 0 Å². The summed E-state index contributed by atoms with van der Waals surface area (Å²) in [5.74, 6) is 0. The molecule has 32 heavy (non-hydrogen) atoms. The van der Waals surface area contributed by atoms with Crippen LogP contribution in [0.15, 0.2) is 133 Å². The van der Waals surface area contributed by atoms with E-state index < -0.39 is 0 Å². The third-order valence-corrected chi connectivity index (χ3v) is 5.61. The van der Waals surface area contributed by atoms with Gasteiger partial charge in [0.15, 0.2) is 0 Å². The summed E-state index contributed by atoms with van der Waals surface area (Å²) in [6.07, 6.45) is 0. The zero-order valence-electron chi connectivity index (χ0n) is 17.7. The minimum atomic E-state index is 0.754. The van der Waals surface area contributed by atoms with E-state index in [0.29, 0.717) is 0 Å². The SMILES string of the molecule is [B]c1ccc(N(c2ccc(-c3ccccc3)cc2)c2ccccc2-c2ccccc2)cc1. The molecule has 0 spiro atoms. The van der Waals surface area contributed by atoms with Crippen LogP contribution in [0.3, 0.4) is 0 Å². The highest BCUT2D eigenvalue weighted by Crippen LogP contribution is 2.40. The molecule has 0 heterocycles. The second-order valence-corrected chi connectivity index (χ2v) is 7.72. The maximum Gasteiger partial charge on any atom is 0.113 e. The summed E-state index contributed by atoms with van der Waals surface area (Å²) in [6, 6.07) is 46.2. The average Bonchev–Trinajstić information content (AvgIpc) is 2.87. The van der Waals surface area contributed by atoms with Crippen LogP contribution in [0, 0.1) is 0 Å². The highest BCUT2D eigenvalue weighted by atomic mass is 15.1. The number of anilines is 3. The lowest BCUT2D eigenvalue weighted by Crippen LogP contribution is -2.12. The van der Waals surface area contributed by atoms with Crippen LogP contribution in [0.2, 0.25) is 0 Å². The molecular formula is C30H22BN. The molecule has 5 aromatic rings. The first-order chi connectivity index (χ1) is 15.8. The van der Waals surface area contributed by atoms with E-state index in [1.54, 1.807) is 0 Å². The lowest BCUT2D eigenvalue weighted by molar-refractivity contribution is 1.29. The Kier molecular flexibility index (Phi) is 5.59. The van der Waals surface area contributed by atoms with Crippen LogP contribution >= 0.6 is 0 Å². The molecule has 5 aromatic carbocycles. The van der Waals surface area contributed by atoms with Gasteiger partial charge in [0, 0.05) is 16.9 Å². The summed E-state index contributed by atoms with van der Waals surface area (Å²) in [5, 5.41) is 0. The van der Waals surface area contributed by atoms with E-state index in [1.165, 1.54) is 22.3 Å². The molecule has 0 saturated heterocycles. The molecule has 2 radical (unpaired) electrons. The van der Waals surface area contributed by atoms with Crippen molar-refractivity contribution in [3.63, 3.8) is 0 Å². The highest BCUT2D eigenvalue weighted by molar-refractivity contribution is 6.32. The molecule has 0 unspecified atom stereocenters. The Balaban J connectivity index is 1.64. The highest BCUT2D eigenvalue weighted by Gasteiger charge is 2.16. The molecule has 0 aliphatic rings. The molecule has 150 valence electrons. The van der Waals surface area contributed by atoms with Crippen LogP contribution in [0.5, 0.6) is 0 Å². The molecule has 5 rings (SSSR count). The van der Waals surface area contributed by atoms with Crippen molar-refractivity contribution in [1.82, 2.24) is 0 Å². The van der Waals surface area contributed by atoms with E-state index in [4.69, 9.17) is 7.85 Å². The van der Waals surface area contributed by atoms with Crippen LogP contribution in [-0.4, -0.2) is 7.85 Å². The van der Waals surface area contributed by atoms with Gasteiger partial charge in [0.1, 0.15) is 7.85 Å². The molecule has 2 heteroatoms. The smallest absolute Gasteiger partial charge is 0.113 e. The fourth-order valence-electron chi connectivity index (χ4n) is 4.01. The maximum absolute atomic E-state index is 5.99.